The highest BCUT2D eigenvalue weighted by atomic mass is 35.5. The number of hydrogen-bond acceptors (Lipinski definition) is 7. The third kappa shape index (κ3) is 7.73. The Labute approximate surface area is 246 Å². The normalized spacial score (nSPS) is 11.3. The quantitative estimate of drug-likeness (QED) is 0.0907. The van der Waals surface area contributed by atoms with Crippen LogP contribution in [-0.4, -0.2) is 43.4 Å². The summed E-state index contributed by atoms with van der Waals surface area (Å²) in [6.07, 6.45) is 0.639. The molecular weight excluding hydrogens is 565 g/mol. The van der Waals surface area contributed by atoms with Gasteiger partial charge in [-0.1, -0.05) is 23.7 Å². The van der Waals surface area contributed by atoms with Crippen molar-refractivity contribution >= 4 is 43.0 Å². The zero-order chi connectivity index (χ0) is 29.4. The maximum absolute atomic E-state index is 13.5. The number of methoxy groups -OCH3 is 1. The van der Waals surface area contributed by atoms with E-state index in [0.29, 0.717) is 65.1 Å². The van der Waals surface area contributed by atoms with Gasteiger partial charge in [0.15, 0.2) is 0 Å². The number of carbonyl (C=O) groups is 2. The summed E-state index contributed by atoms with van der Waals surface area (Å²) in [5.74, 6) is 0.396. The molecule has 0 N–H and O–H groups in total. The fraction of sp³-hybridized carbons (Fsp3) is 0.290. The molecule has 0 unspecified atom stereocenters. The summed E-state index contributed by atoms with van der Waals surface area (Å²) in [4.78, 5) is 26.6. The third-order valence-corrected chi connectivity index (χ3v) is 7.95. The molecule has 0 amide bonds. The fourth-order valence-corrected chi connectivity index (χ4v) is 5.40. The highest BCUT2D eigenvalue weighted by Gasteiger charge is 2.23. The van der Waals surface area contributed by atoms with Crippen LogP contribution >= 0.6 is 20.2 Å². The second kappa shape index (κ2) is 14.6. The Balaban J connectivity index is 1.48. The van der Waals surface area contributed by atoms with Gasteiger partial charge >= 0.3 is 14.6 Å². The Bertz CT molecular complexity index is 1480. The average Bonchev–Trinajstić information content (AvgIpc) is 3.24. The van der Waals surface area contributed by atoms with E-state index in [-0.39, 0.29) is 12.3 Å². The molecule has 10 heteroatoms. The summed E-state index contributed by atoms with van der Waals surface area (Å²) in [5.41, 5.74) is 3.53. The number of carbonyl (C=O) groups excluding carboxylic acids is 2. The van der Waals surface area contributed by atoms with Crippen LogP contribution in [0, 0.1) is 6.92 Å². The number of esters is 1. The van der Waals surface area contributed by atoms with E-state index in [1.807, 2.05) is 45.0 Å². The molecule has 0 fully saturated rings. The first-order valence-corrected chi connectivity index (χ1v) is 14.8. The van der Waals surface area contributed by atoms with Gasteiger partial charge in [0.1, 0.15) is 11.5 Å². The van der Waals surface area contributed by atoms with Gasteiger partial charge in [-0.15, -0.1) is 0 Å². The Morgan fingerprint density at radius 3 is 2.17 bits per heavy atom. The molecule has 0 spiro atoms. The summed E-state index contributed by atoms with van der Waals surface area (Å²) >= 11 is 6.02. The molecule has 41 heavy (non-hydrogen) atoms. The molecule has 0 aliphatic heterocycles. The standard InChI is InChI=1S/C31H33ClNO7P/c1-5-37-41(38-6-2)39-18-17-22-7-13-25(14-8-22)40-30(34)20-27-21(3)33(29-16-15-26(36-4)19-28(27)29)31(35)23-9-11-24(32)12-10-23/h7-16,19H,5-6,17-18,20H2,1-4H3. The van der Waals surface area contributed by atoms with E-state index in [2.05, 4.69) is 0 Å². The van der Waals surface area contributed by atoms with Gasteiger partial charge in [-0.3, -0.25) is 14.2 Å². The number of nitrogens with zero attached hydrogens (tertiary/aromatic N) is 1. The van der Waals surface area contributed by atoms with Crippen molar-refractivity contribution in [2.75, 3.05) is 26.9 Å². The average molecular weight is 598 g/mol. The molecule has 0 saturated carbocycles. The van der Waals surface area contributed by atoms with Crippen molar-refractivity contribution in [1.29, 1.82) is 0 Å². The van der Waals surface area contributed by atoms with Crippen molar-refractivity contribution in [3.8, 4) is 11.5 Å². The van der Waals surface area contributed by atoms with Crippen LogP contribution in [0.5, 0.6) is 11.5 Å². The lowest BCUT2D eigenvalue weighted by Gasteiger charge is -2.14. The number of aromatic nitrogens is 1. The van der Waals surface area contributed by atoms with Gasteiger partial charge in [0.25, 0.3) is 5.91 Å². The molecule has 4 rings (SSSR count). The second-order valence-corrected chi connectivity index (χ2v) is 10.7. The van der Waals surface area contributed by atoms with Crippen molar-refractivity contribution in [3.63, 3.8) is 0 Å². The molecule has 0 aliphatic rings. The lowest BCUT2D eigenvalue weighted by atomic mass is 10.1. The molecular formula is C31H33ClNO7P. The Kier molecular flexibility index (Phi) is 10.9. The van der Waals surface area contributed by atoms with Crippen LogP contribution in [0.1, 0.15) is 41.0 Å². The van der Waals surface area contributed by atoms with Gasteiger partial charge in [-0.2, -0.15) is 0 Å². The number of rotatable bonds is 13. The van der Waals surface area contributed by atoms with Crippen LogP contribution in [-0.2, 0) is 31.2 Å². The number of ether oxygens (including phenoxy) is 2. The van der Waals surface area contributed by atoms with E-state index < -0.39 is 14.6 Å². The van der Waals surface area contributed by atoms with Crippen LogP contribution in [0.25, 0.3) is 10.9 Å². The zero-order valence-corrected chi connectivity index (χ0v) is 25.2. The summed E-state index contributed by atoms with van der Waals surface area (Å²) in [6.45, 7) is 7.12. The van der Waals surface area contributed by atoms with E-state index in [1.54, 1.807) is 54.1 Å². The summed E-state index contributed by atoms with van der Waals surface area (Å²) < 4.78 is 29.3. The van der Waals surface area contributed by atoms with Gasteiger partial charge in [-0.05, 0) is 92.9 Å². The summed E-state index contributed by atoms with van der Waals surface area (Å²) in [7, 11) is 0.233. The lowest BCUT2D eigenvalue weighted by molar-refractivity contribution is -0.133. The molecule has 0 bridgehead atoms. The molecule has 0 radical (unpaired) electrons. The van der Waals surface area contributed by atoms with Crippen LogP contribution < -0.4 is 9.47 Å². The van der Waals surface area contributed by atoms with E-state index in [9.17, 15) is 9.59 Å². The smallest absolute Gasteiger partial charge is 0.332 e. The molecule has 4 aromatic rings. The Hall–Kier alpha value is -3.26. The van der Waals surface area contributed by atoms with E-state index in [4.69, 9.17) is 34.6 Å². The van der Waals surface area contributed by atoms with Gasteiger partial charge in [0.2, 0.25) is 0 Å². The molecule has 0 saturated heterocycles. The predicted octanol–water partition coefficient (Wildman–Crippen LogP) is 7.31. The van der Waals surface area contributed by atoms with E-state index >= 15 is 0 Å². The minimum Gasteiger partial charge on any atom is -0.497 e. The number of fused-ring (bicyclic) bond motifs is 1. The van der Waals surface area contributed by atoms with E-state index in [0.717, 1.165) is 10.9 Å². The molecule has 0 atom stereocenters. The summed E-state index contributed by atoms with van der Waals surface area (Å²) in [6, 6.07) is 19.4. The van der Waals surface area contributed by atoms with Crippen LogP contribution in [0.4, 0.5) is 0 Å². The molecule has 1 heterocycles. The SMILES string of the molecule is CCOP(OCC)OCCc1ccc(OC(=O)Cc2c(C)n(C(=O)c3ccc(Cl)cc3)c3ccc(OC)cc23)cc1. The van der Waals surface area contributed by atoms with Gasteiger partial charge < -0.3 is 23.0 Å². The number of benzene rings is 3. The Morgan fingerprint density at radius 1 is 0.878 bits per heavy atom. The minimum absolute atomic E-state index is 0.0234. The Morgan fingerprint density at radius 2 is 1.54 bits per heavy atom. The van der Waals surface area contributed by atoms with Crippen molar-refractivity contribution in [2.24, 2.45) is 0 Å². The van der Waals surface area contributed by atoms with E-state index in [1.165, 1.54) is 0 Å². The lowest BCUT2D eigenvalue weighted by Crippen LogP contribution is -2.15. The highest BCUT2D eigenvalue weighted by molar-refractivity contribution is 7.41. The molecule has 0 aliphatic carbocycles. The fourth-order valence-electron chi connectivity index (χ4n) is 4.39. The first-order valence-electron chi connectivity index (χ1n) is 13.3. The number of halogens is 1. The van der Waals surface area contributed by atoms with Crippen molar-refractivity contribution in [3.05, 3.63) is 94.1 Å². The minimum atomic E-state index is -1.34. The molecule has 1 aromatic heterocycles. The summed E-state index contributed by atoms with van der Waals surface area (Å²) in [5, 5.41) is 1.29. The monoisotopic (exact) mass is 597 g/mol. The number of hydrogen-bond donors (Lipinski definition) is 0. The first-order chi connectivity index (χ1) is 19.8. The third-order valence-electron chi connectivity index (χ3n) is 6.37. The van der Waals surface area contributed by atoms with Gasteiger partial charge in [0.05, 0.1) is 38.9 Å². The van der Waals surface area contributed by atoms with Crippen molar-refractivity contribution < 1.29 is 32.6 Å². The zero-order valence-electron chi connectivity index (χ0n) is 23.5. The highest BCUT2D eigenvalue weighted by Crippen LogP contribution is 2.39. The van der Waals surface area contributed by atoms with Crippen LogP contribution in [0.15, 0.2) is 66.7 Å². The maximum atomic E-state index is 13.5. The van der Waals surface area contributed by atoms with Gasteiger partial charge in [-0.25, -0.2) is 0 Å². The largest absolute Gasteiger partial charge is 0.497 e. The van der Waals surface area contributed by atoms with Crippen LogP contribution in [0.2, 0.25) is 5.02 Å². The molecule has 8 nitrogen and oxygen atoms in total. The van der Waals surface area contributed by atoms with Crippen molar-refractivity contribution in [1.82, 2.24) is 4.57 Å². The van der Waals surface area contributed by atoms with Gasteiger partial charge in [0, 0.05) is 21.7 Å². The first kappa shape index (κ1) is 30.7. The van der Waals surface area contributed by atoms with Crippen molar-refractivity contribution in [2.45, 2.75) is 33.6 Å². The molecule has 216 valence electrons. The predicted molar refractivity (Wildman–Crippen MR) is 160 cm³/mol. The maximum Gasteiger partial charge on any atom is 0.332 e. The topological polar surface area (TPSA) is 85.2 Å². The molecule has 3 aromatic carbocycles. The van der Waals surface area contributed by atoms with Crippen LogP contribution in [0.3, 0.4) is 0 Å². The second-order valence-electron chi connectivity index (χ2n) is 9.03.